The van der Waals surface area contributed by atoms with Crippen LogP contribution in [0.1, 0.15) is 48.2 Å². The molecule has 162 valence electrons. The zero-order valence-corrected chi connectivity index (χ0v) is 17.1. The Bertz CT molecular complexity index is 952. The number of carboxylic acids is 1. The Morgan fingerprint density at radius 3 is 2.47 bits per heavy atom. The van der Waals surface area contributed by atoms with Crippen molar-refractivity contribution in [1.82, 2.24) is 9.88 Å². The smallest absolute Gasteiger partial charge is 0.407 e. The second kappa shape index (κ2) is 9.16. The minimum absolute atomic E-state index is 0.0117. The molecule has 3 amide bonds. The number of amides is 3. The largest absolute Gasteiger partial charge is 0.477 e. The number of hydrogen-bond acceptors (Lipinski definition) is 6. The summed E-state index contributed by atoms with van der Waals surface area (Å²) in [6.07, 6.45) is 0.799. The van der Waals surface area contributed by atoms with E-state index in [-0.39, 0.29) is 36.0 Å². The van der Waals surface area contributed by atoms with Crippen molar-refractivity contribution >= 4 is 35.4 Å². The van der Waals surface area contributed by atoms with E-state index in [9.17, 15) is 19.2 Å². The lowest BCUT2D eigenvalue weighted by Crippen LogP contribution is -2.34. The van der Waals surface area contributed by atoms with Gasteiger partial charge in [-0.1, -0.05) is 0 Å². The van der Waals surface area contributed by atoms with Crippen molar-refractivity contribution in [2.45, 2.75) is 32.8 Å². The van der Waals surface area contributed by atoms with Crippen LogP contribution in [0.2, 0.25) is 0 Å². The normalized spacial score (nSPS) is 10.9. The maximum absolute atomic E-state index is 12.2. The van der Waals surface area contributed by atoms with Gasteiger partial charge in [-0.25, -0.2) is 9.59 Å². The number of aryl methyl sites for hydroxylation is 1. The average molecular weight is 420 g/mol. The number of furan rings is 1. The van der Waals surface area contributed by atoms with E-state index < -0.39 is 29.5 Å². The van der Waals surface area contributed by atoms with Gasteiger partial charge in [-0.05, 0) is 32.9 Å². The third-order valence-electron chi connectivity index (χ3n) is 3.59. The lowest BCUT2D eigenvalue weighted by molar-refractivity contribution is -0.116. The topological polar surface area (TPSA) is 152 Å². The summed E-state index contributed by atoms with van der Waals surface area (Å²) >= 11 is 0. The second-order valence-corrected chi connectivity index (χ2v) is 7.37. The van der Waals surface area contributed by atoms with Crippen LogP contribution in [0, 0.1) is 0 Å². The summed E-state index contributed by atoms with van der Waals surface area (Å²) in [7, 11) is 1.54. The lowest BCUT2D eigenvalue weighted by atomic mass is 10.2. The maximum atomic E-state index is 12.2. The Kier molecular flexibility index (Phi) is 6.88. The van der Waals surface area contributed by atoms with Gasteiger partial charge in [0.15, 0.2) is 11.6 Å². The van der Waals surface area contributed by atoms with Gasteiger partial charge >= 0.3 is 12.1 Å². The predicted molar refractivity (Wildman–Crippen MR) is 107 cm³/mol. The molecular formula is C19H24N4O7. The van der Waals surface area contributed by atoms with Gasteiger partial charge < -0.3 is 29.5 Å². The number of carbonyl (C=O) groups is 4. The second-order valence-electron chi connectivity index (χ2n) is 7.37. The first-order valence-corrected chi connectivity index (χ1v) is 9.02. The van der Waals surface area contributed by atoms with E-state index in [1.165, 1.54) is 36.0 Å². The highest BCUT2D eigenvalue weighted by molar-refractivity contribution is 6.03. The molecule has 0 radical (unpaired) electrons. The monoisotopic (exact) mass is 420 g/mol. The van der Waals surface area contributed by atoms with Crippen molar-refractivity contribution < 1.29 is 33.4 Å². The van der Waals surface area contributed by atoms with Crippen LogP contribution in [0.4, 0.5) is 16.4 Å². The number of aromatic carboxylic acids is 1. The molecule has 2 heterocycles. The Labute approximate surface area is 172 Å². The Morgan fingerprint density at radius 2 is 1.87 bits per heavy atom. The van der Waals surface area contributed by atoms with Gasteiger partial charge in [0.1, 0.15) is 11.3 Å². The minimum Gasteiger partial charge on any atom is -0.477 e. The summed E-state index contributed by atoms with van der Waals surface area (Å²) in [5.74, 6) is -2.17. The van der Waals surface area contributed by atoms with Gasteiger partial charge in [0.25, 0.3) is 5.91 Å². The van der Waals surface area contributed by atoms with Crippen LogP contribution in [0.5, 0.6) is 0 Å². The highest BCUT2D eigenvalue weighted by atomic mass is 16.6. The molecule has 0 aliphatic carbocycles. The van der Waals surface area contributed by atoms with Crippen LogP contribution >= 0.6 is 0 Å². The van der Waals surface area contributed by atoms with Gasteiger partial charge in [-0.2, -0.15) is 0 Å². The van der Waals surface area contributed by atoms with E-state index in [1.54, 1.807) is 20.8 Å². The predicted octanol–water partition coefficient (Wildman–Crippen LogP) is 2.42. The number of carboxylic acid groups (broad SMARTS) is 1. The van der Waals surface area contributed by atoms with Crippen molar-refractivity contribution in [2.24, 2.45) is 7.05 Å². The number of aromatic nitrogens is 1. The number of nitrogens with zero attached hydrogens (tertiary/aromatic N) is 1. The van der Waals surface area contributed by atoms with Crippen LogP contribution in [0.3, 0.4) is 0 Å². The third kappa shape index (κ3) is 6.69. The first-order chi connectivity index (χ1) is 13.9. The molecule has 0 aromatic carbocycles. The zero-order chi connectivity index (χ0) is 22.5. The van der Waals surface area contributed by atoms with E-state index in [0.717, 1.165) is 0 Å². The fourth-order valence-corrected chi connectivity index (χ4v) is 2.36. The van der Waals surface area contributed by atoms with Crippen LogP contribution in [0.15, 0.2) is 28.8 Å². The number of anilines is 2. The van der Waals surface area contributed by atoms with E-state index in [1.807, 2.05) is 0 Å². The molecule has 0 saturated carbocycles. The molecule has 0 aliphatic heterocycles. The molecule has 0 atom stereocenters. The number of carbonyl (C=O) groups excluding carboxylic acids is 3. The zero-order valence-electron chi connectivity index (χ0n) is 17.1. The fourth-order valence-electron chi connectivity index (χ4n) is 2.36. The SMILES string of the molecule is Cn1cc(NC(=O)c2ccc(NC(=O)CCNC(=O)OC(C)(C)C)o2)cc1C(=O)O. The minimum atomic E-state index is -1.12. The lowest BCUT2D eigenvalue weighted by Gasteiger charge is -2.19. The fraction of sp³-hybridized carbons (Fsp3) is 0.368. The number of nitrogens with one attached hydrogen (secondary N) is 3. The first kappa shape index (κ1) is 22.5. The molecule has 30 heavy (non-hydrogen) atoms. The molecule has 0 bridgehead atoms. The van der Waals surface area contributed by atoms with Gasteiger partial charge in [-0.3, -0.25) is 14.9 Å². The summed E-state index contributed by atoms with van der Waals surface area (Å²) < 4.78 is 11.7. The summed E-state index contributed by atoms with van der Waals surface area (Å²) in [5, 5.41) is 16.5. The molecule has 0 fully saturated rings. The Morgan fingerprint density at radius 1 is 1.17 bits per heavy atom. The first-order valence-electron chi connectivity index (χ1n) is 9.02. The van der Waals surface area contributed by atoms with Crippen LogP contribution in [-0.4, -0.2) is 45.7 Å². The van der Waals surface area contributed by atoms with Crippen molar-refractivity contribution in [3.8, 4) is 0 Å². The third-order valence-corrected chi connectivity index (χ3v) is 3.59. The van der Waals surface area contributed by atoms with Crippen molar-refractivity contribution in [3.63, 3.8) is 0 Å². The molecule has 0 unspecified atom stereocenters. The molecule has 0 aliphatic rings. The molecule has 11 nitrogen and oxygen atoms in total. The van der Waals surface area contributed by atoms with Crippen LogP contribution in [0.25, 0.3) is 0 Å². The van der Waals surface area contributed by atoms with Crippen molar-refractivity contribution in [3.05, 3.63) is 35.9 Å². The van der Waals surface area contributed by atoms with Crippen molar-refractivity contribution in [1.29, 1.82) is 0 Å². The molecule has 0 saturated heterocycles. The highest BCUT2D eigenvalue weighted by Gasteiger charge is 2.17. The van der Waals surface area contributed by atoms with Gasteiger partial charge in [0.2, 0.25) is 5.91 Å². The van der Waals surface area contributed by atoms with E-state index in [2.05, 4.69) is 16.0 Å². The summed E-state index contributed by atoms with van der Waals surface area (Å²) in [6.45, 7) is 5.25. The quantitative estimate of drug-likeness (QED) is 0.537. The van der Waals surface area contributed by atoms with Gasteiger partial charge in [0, 0.05) is 32.3 Å². The van der Waals surface area contributed by atoms with Gasteiger partial charge in [-0.15, -0.1) is 0 Å². The summed E-state index contributed by atoms with van der Waals surface area (Å²) in [6, 6.07) is 4.08. The summed E-state index contributed by atoms with van der Waals surface area (Å²) in [5.41, 5.74) is -0.334. The molecule has 11 heteroatoms. The van der Waals surface area contributed by atoms with Crippen LogP contribution < -0.4 is 16.0 Å². The van der Waals surface area contributed by atoms with E-state index >= 15 is 0 Å². The molecule has 2 rings (SSSR count). The number of alkyl carbamates (subject to hydrolysis) is 1. The Balaban J connectivity index is 1.83. The van der Waals surface area contributed by atoms with E-state index in [0.29, 0.717) is 0 Å². The number of hydrogen-bond donors (Lipinski definition) is 4. The van der Waals surface area contributed by atoms with E-state index in [4.69, 9.17) is 14.3 Å². The number of ether oxygens (including phenoxy) is 1. The maximum Gasteiger partial charge on any atom is 0.407 e. The molecule has 0 spiro atoms. The summed E-state index contributed by atoms with van der Waals surface area (Å²) in [4.78, 5) is 46.7. The molecule has 4 N–H and O–H groups in total. The standard InChI is InChI=1S/C19H24N4O7/c1-19(2,3)30-18(28)20-8-7-14(24)22-15-6-5-13(29-15)16(25)21-11-9-12(17(26)27)23(4)10-11/h5-6,9-10H,7-8H2,1-4H3,(H,20,28)(H,21,25)(H,22,24)(H,26,27). The van der Waals surface area contributed by atoms with Crippen molar-refractivity contribution in [2.75, 3.05) is 17.2 Å². The number of rotatable bonds is 7. The average Bonchev–Trinajstić information content (AvgIpc) is 3.19. The molecule has 2 aromatic heterocycles. The Hall–Kier alpha value is -3.76. The highest BCUT2D eigenvalue weighted by Crippen LogP contribution is 2.17. The van der Waals surface area contributed by atoms with Gasteiger partial charge in [0.05, 0.1) is 5.69 Å². The molecule has 2 aromatic rings. The van der Waals surface area contributed by atoms with Crippen LogP contribution in [-0.2, 0) is 16.6 Å². The molecular weight excluding hydrogens is 396 g/mol.